The van der Waals surface area contributed by atoms with E-state index in [0.717, 1.165) is 47.8 Å². The molecule has 0 bridgehead atoms. The molecule has 3 nitrogen and oxygen atoms in total. The molecule has 0 unspecified atom stereocenters. The number of benzene rings is 1. The van der Waals surface area contributed by atoms with Crippen molar-refractivity contribution in [2.45, 2.75) is 39.0 Å². The zero-order chi connectivity index (χ0) is 14.8. The molecule has 1 saturated carbocycles. The topological polar surface area (TPSA) is 55.1 Å². The van der Waals surface area contributed by atoms with Crippen LogP contribution in [0.25, 0.3) is 0 Å². The van der Waals surface area contributed by atoms with Gasteiger partial charge in [0, 0.05) is 10.2 Å². The maximum absolute atomic E-state index is 12.7. The first-order chi connectivity index (χ1) is 9.47. The van der Waals surface area contributed by atoms with Gasteiger partial charge in [0.2, 0.25) is 5.91 Å². The van der Waals surface area contributed by atoms with E-state index in [4.69, 9.17) is 18.0 Å². The Morgan fingerprint density at radius 1 is 1.35 bits per heavy atom. The lowest BCUT2D eigenvalue weighted by atomic mass is 9.73. The number of amides is 1. The molecule has 5 heteroatoms. The van der Waals surface area contributed by atoms with Crippen LogP contribution in [0.4, 0.5) is 5.69 Å². The van der Waals surface area contributed by atoms with Crippen molar-refractivity contribution in [3.8, 4) is 0 Å². The summed E-state index contributed by atoms with van der Waals surface area (Å²) in [4.78, 5) is 13.0. The molecule has 0 radical (unpaired) electrons. The van der Waals surface area contributed by atoms with E-state index in [1.165, 1.54) is 0 Å². The molecule has 108 valence electrons. The van der Waals surface area contributed by atoms with Gasteiger partial charge in [0.05, 0.1) is 10.4 Å². The molecule has 1 aliphatic carbocycles. The highest BCUT2D eigenvalue weighted by Gasteiger charge is 2.42. The van der Waals surface area contributed by atoms with Gasteiger partial charge in [-0.25, -0.2) is 0 Å². The van der Waals surface area contributed by atoms with E-state index in [1.54, 1.807) is 0 Å². The standard InChI is InChI=1S/C15H19BrN2OS/c1-10-11(16)6-5-7-12(10)18-14(19)15(13(17)20)8-3-2-4-9-15/h5-7H,2-4,8-9H2,1H3,(H2,17,20)(H,18,19). The summed E-state index contributed by atoms with van der Waals surface area (Å²) in [5, 5.41) is 3.01. The van der Waals surface area contributed by atoms with Crippen LogP contribution in [-0.4, -0.2) is 10.9 Å². The minimum atomic E-state index is -0.678. The second-order valence-electron chi connectivity index (χ2n) is 5.37. The highest BCUT2D eigenvalue weighted by atomic mass is 79.9. The highest BCUT2D eigenvalue weighted by molar-refractivity contribution is 9.10. The quantitative estimate of drug-likeness (QED) is 0.808. The van der Waals surface area contributed by atoms with Crippen LogP contribution in [0.15, 0.2) is 22.7 Å². The molecule has 3 N–H and O–H groups in total. The summed E-state index contributed by atoms with van der Waals surface area (Å²) in [5.41, 5.74) is 7.03. The second kappa shape index (κ2) is 6.22. The van der Waals surface area contributed by atoms with Crippen LogP contribution in [0.2, 0.25) is 0 Å². The zero-order valence-electron chi connectivity index (χ0n) is 11.5. The van der Waals surface area contributed by atoms with Crippen LogP contribution in [0.3, 0.4) is 0 Å². The van der Waals surface area contributed by atoms with E-state index in [0.29, 0.717) is 4.99 Å². The summed E-state index contributed by atoms with van der Waals surface area (Å²) < 4.78 is 0.975. The molecular weight excluding hydrogens is 336 g/mol. The monoisotopic (exact) mass is 354 g/mol. The number of rotatable bonds is 3. The Hall–Kier alpha value is -0.940. The lowest BCUT2D eigenvalue weighted by molar-refractivity contribution is -0.123. The summed E-state index contributed by atoms with van der Waals surface area (Å²) >= 11 is 8.66. The first kappa shape index (κ1) is 15.4. The third-order valence-corrected chi connectivity index (χ3v) is 5.38. The Bertz CT molecular complexity index is 539. The minimum absolute atomic E-state index is 0.0640. The smallest absolute Gasteiger partial charge is 0.237 e. The van der Waals surface area contributed by atoms with Crippen LogP contribution in [0.5, 0.6) is 0 Å². The number of hydrogen-bond donors (Lipinski definition) is 2. The van der Waals surface area contributed by atoms with Gasteiger partial charge >= 0.3 is 0 Å². The lowest BCUT2D eigenvalue weighted by Gasteiger charge is -2.34. The molecule has 1 aliphatic rings. The van der Waals surface area contributed by atoms with Crippen LogP contribution < -0.4 is 11.1 Å². The molecule has 0 atom stereocenters. The van der Waals surface area contributed by atoms with Gasteiger partial charge in [-0.2, -0.15) is 0 Å². The molecule has 2 rings (SSSR count). The van der Waals surface area contributed by atoms with Crippen LogP contribution in [0.1, 0.15) is 37.7 Å². The number of thiocarbonyl (C=S) groups is 1. The molecule has 0 aromatic heterocycles. The fraction of sp³-hybridized carbons (Fsp3) is 0.467. The number of nitrogens with one attached hydrogen (secondary N) is 1. The van der Waals surface area contributed by atoms with Crippen molar-refractivity contribution in [2.75, 3.05) is 5.32 Å². The van der Waals surface area contributed by atoms with Gasteiger partial charge in [-0.15, -0.1) is 0 Å². The van der Waals surface area contributed by atoms with Gasteiger partial charge < -0.3 is 11.1 Å². The van der Waals surface area contributed by atoms with E-state index in [9.17, 15) is 4.79 Å². The zero-order valence-corrected chi connectivity index (χ0v) is 13.9. The molecule has 0 saturated heterocycles. The summed E-state index contributed by atoms with van der Waals surface area (Å²) in [7, 11) is 0. The summed E-state index contributed by atoms with van der Waals surface area (Å²) in [5.74, 6) is -0.0640. The Morgan fingerprint density at radius 2 is 2.00 bits per heavy atom. The highest BCUT2D eigenvalue weighted by Crippen LogP contribution is 2.38. The third-order valence-electron chi connectivity index (χ3n) is 4.13. The van der Waals surface area contributed by atoms with Crippen molar-refractivity contribution < 1.29 is 4.79 Å². The maximum atomic E-state index is 12.7. The predicted octanol–water partition coefficient (Wildman–Crippen LogP) is 3.93. The number of nitrogens with two attached hydrogens (primary N) is 1. The predicted molar refractivity (Wildman–Crippen MR) is 89.8 cm³/mol. The largest absolute Gasteiger partial charge is 0.392 e. The van der Waals surface area contributed by atoms with E-state index < -0.39 is 5.41 Å². The van der Waals surface area contributed by atoms with Gasteiger partial charge in [-0.05, 0) is 37.5 Å². The van der Waals surface area contributed by atoms with E-state index in [2.05, 4.69) is 21.2 Å². The molecule has 0 aliphatic heterocycles. The number of anilines is 1. The lowest BCUT2D eigenvalue weighted by Crippen LogP contribution is -2.47. The summed E-state index contributed by atoms with van der Waals surface area (Å²) in [6.45, 7) is 1.97. The average Bonchev–Trinajstić information content (AvgIpc) is 2.44. The molecule has 0 spiro atoms. The molecule has 0 heterocycles. The van der Waals surface area contributed by atoms with Crippen LogP contribution >= 0.6 is 28.1 Å². The van der Waals surface area contributed by atoms with Gasteiger partial charge in [0.25, 0.3) is 0 Å². The first-order valence-electron chi connectivity index (χ1n) is 6.84. The number of halogens is 1. The molecule has 20 heavy (non-hydrogen) atoms. The molecule has 1 aromatic rings. The van der Waals surface area contributed by atoms with Gasteiger partial charge in [0.15, 0.2) is 0 Å². The van der Waals surface area contributed by atoms with Crippen molar-refractivity contribution in [2.24, 2.45) is 11.1 Å². The normalized spacial score (nSPS) is 17.5. The second-order valence-corrected chi connectivity index (χ2v) is 6.67. The van der Waals surface area contributed by atoms with Gasteiger partial charge in [-0.1, -0.05) is 53.5 Å². The van der Waals surface area contributed by atoms with Crippen molar-refractivity contribution in [3.63, 3.8) is 0 Å². The van der Waals surface area contributed by atoms with E-state index in [1.807, 2.05) is 25.1 Å². The molecule has 1 aromatic carbocycles. The van der Waals surface area contributed by atoms with Gasteiger partial charge in [-0.3, -0.25) is 4.79 Å². The van der Waals surface area contributed by atoms with Crippen molar-refractivity contribution in [1.29, 1.82) is 0 Å². The molecule has 1 fully saturated rings. The Labute approximate surface area is 133 Å². The SMILES string of the molecule is Cc1c(Br)cccc1NC(=O)C1(C(N)=S)CCCCC1. The fourth-order valence-electron chi connectivity index (χ4n) is 2.73. The van der Waals surface area contributed by atoms with E-state index in [-0.39, 0.29) is 5.91 Å². The number of hydrogen-bond acceptors (Lipinski definition) is 2. The van der Waals surface area contributed by atoms with E-state index >= 15 is 0 Å². The van der Waals surface area contributed by atoms with Crippen molar-refractivity contribution >= 4 is 44.7 Å². The van der Waals surface area contributed by atoms with Crippen LogP contribution in [-0.2, 0) is 4.79 Å². The van der Waals surface area contributed by atoms with Crippen molar-refractivity contribution in [1.82, 2.24) is 0 Å². The van der Waals surface area contributed by atoms with Crippen LogP contribution in [0, 0.1) is 12.3 Å². The Balaban J connectivity index is 2.25. The minimum Gasteiger partial charge on any atom is -0.392 e. The Morgan fingerprint density at radius 3 is 2.60 bits per heavy atom. The summed E-state index contributed by atoms with van der Waals surface area (Å²) in [6.07, 6.45) is 4.65. The molecular formula is C15H19BrN2OS. The number of carbonyl (C=O) groups excluding carboxylic acids is 1. The van der Waals surface area contributed by atoms with Gasteiger partial charge in [0.1, 0.15) is 0 Å². The third kappa shape index (κ3) is 2.88. The Kier molecular flexibility index (Phi) is 4.81. The van der Waals surface area contributed by atoms with Crippen molar-refractivity contribution in [3.05, 3.63) is 28.2 Å². The molecule has 1 amide bonds. The fourth-order valence-corrected chi connectivity index (χ4v) is 3.39. The first-order valence-corrected chi connectivity index (χ1v) is 8.04. The summed E-state index contributed by atoms with van der Waals surface area (Å²) in [6, 6.07) is 5.75. The average molecular weight is 355 g/mol. The number of carbonyl (C=O) groups is 1. The maximum Gasteiger partial charge on any atom is 0.237 e.